The second-order valence-electron chi connectivity index (χ2n) is 6.06. The van der Waals surface area contributed by atoms with Crippen LogP contribution >= 0.6 is 0 Å². The predicted octanol–water partition coefficient (Wildman–Crippen LogP) is 1.74. The Hall–Kier alpha value is -1.33. The first-order chi connectivity index (χ1) is 9.84. The van der Waals surface area contributed by atoms with Crippen molar-refractivity contribution in [1.82, 2.24) is 0 Å². The minimum absolute atomic E-state index is 0.256. The molecule has 0 radical (unpaired) electrons. The number of hydrogen-bond acceptors (Lipinski definition) is 4. The molecule has 0 bridgehead atoms. The quantitative estimate of drug-likeness (QED) is 0.794. The first-order valence-corrected chi connectivity index (χ1v) is 7.31. The molecule has 0 spiro atoms. The van der Waals surface area contributed by atoms with Gasteiger partial charge in [0.15, 0.2) is 5.79 Å². The van der Waals surface area contributed by atoms with E-state index in [-0.39, 0.29) is 5.92 Å². The summed E-state index contributed by atoms with van der Waals surface area (Å²) in [5.74, 6) is 0.702. The molecule has 0 aromatic carbocycles. The topological polar surface area (TPSA) is 40.8 Å². The lowest BCUT2D eigenvalue weighted by Gasteiger charge is -2.34. The van der Waals surface area contributed by atoms with Crippen LogP contribution in [0, 0.1) is 26.7 Å². The third-order valence-corrected chi connectivity index (χ3v) is 3.88. The van der Waals surface area contributed by atoms with Crippen LogP contribution in [0.15, 0.2) is 6.20 Å². The van der Waals surface area contributed by atoms with Crippen molar-refractivity contribution < 1.29 is 23.8 Å². The number of rotatable bonds is 4. The number of aromatic nitrogens is 1. The van der Waals surface area contributed by atoms with Gasteiger partial charge in [-0.3, -0.25) is 4.84 Å². The monoisotopic (exact) mass is 296 g/mol. The lowest BCUT2D eigenvalue weighted by atomic mass is 10.1. The molecule has 1 aliphatic heterocycles. The fourth-order valence-electron chi connectivity index (χ4n) is 2.39. The van der Waals surface area contributed by atoms with E-state index >= 15 is 0 Å². The molecule has 2 rings (SSSR count). The predicted molar refractivity (Wildman–Crippen MR) is 78.3 cm³/mol. The number of ether oxygens (including phenoxy) is 3. The Morgan fingerprint density at radius 3 is 2.43 bits per heavy atom. The van der Waals surface area contributed by atoms with Gasteiger partial charge in [0.2, 0.25) is 11.9 Å². The molecule has 0 atom stereocenters. The maximum atomic E-state index is 6.03. The standard InChI is InChI=1S/C16H26NO4/c1-11-7-17(18-6)13(3)12(2)15(11)19-8-14-9-20-16(4,5)21-10-14/h7,14H,8-10H2,1-6H3/q+1. The van der Waals surface area contributed by atoms with Crippen molar-refractivity contribution in [1.29, 1.82) is 0 Å². The van der Waals surface area contributed by atoms with Gasteiger partial charge in [0.1, 0.15) is 12.9 Å². The van der Waals surface area contributed by atoms with Crippen molar-refractivity contribution in [3.63, 3.8) is 0 Å². The molecule has 1 aliphatic rings. The molecular weight excluding hydrogens is 270 g/mol. The van der Waals surface area contributed by atoms with Gasteiger partial charge in [-0.15, -0.1) is 0 Å². The van der Waals surface area contributed by atoms with E-state index in [1.54, 1.807) is 11.8 Å². The third kappa shape index (κ3) is 3.66. The van der Waals surface area contributed by atoms with Gasteiger partial charge in [-0.05, 0) is 27.7 Å². The van der Waals surface area contributed by atoms with E-state index in [4.69, 9.17) is 19.0 Å². The summed E-state index contributed by atoms with van der Waals surface area (Å²) >= 11 is 0. The largest absolute Gasteiger partial charge is 0.492 e. The highest BCUT2D eigenvalue weighted by Gasteiger charge is 2.29. The van der Waals surface area contributed by atoms with Gasteiger partial charge in [0, 0.05) is 17.6 Å². The molecule has 0 unspecified atom stereocenters. The first kappa shape index (κ1) is 16.0. The van der Waals surface area contributed by atoms with Crippen molar-refractivity contribution >= 4 is 0 Å². The lowest BCUT2D eigenvalue weighted by Crippen LogP contribution is -2.44. The van der Waals surface area contributed by atoms with Gasteiger partial charge in [0.05, 0.1) is 30.9 Å². The van der Waals surface area contributed by atoms with Crippen LogP contribution in [0.25, 0.3) is 0 Å². The summed E-state index contributed by atoms with van der Waals surface area (Å²) in [5, 5.41) is 0. The fraction of sp³-hybridized carbons (Fsp3) is 0.688. The second kappa shape index (κ2) is 6.20. The number of hydrogen-bond donors (Lipinski definition) is 0. The highest BCUT2D eigenvalue weighted by atomic mass is 16.7. The average Bonchev–Trinajstić information content (AvgIpc) is 2.44. The molecular formula is C16H26NO4+. The Balaban J connectivity index is 2.03. The van der Waals surface area contributed by atoms with E-state index < -0.39 is 5.79 Å². The van der Waals surface area contributed by atoms with Crippen molar-refractivity contribution in [2.75, 3.05) is 26.9 Å². The smallest absolute Gasteiger partial charge is 0.237 e. The Labute approximate surface area is 126 Å². The zero-order valence-corrected chi connectivity index (χ0v) is 13.9. The minimum Gasteiger partial charge on any atom is -0.492 e. The molecule has 0 aliphatic carbocycles. The molecule has 1 aromatic heterocycles. The summed E-state index contributed by atoms with van der Waals surface area (Å²) in [7, 11) is 1.66. The third-order valence-electron chi connectivity index (χ3n) is 3.88. The Kier molecular flexibility index (Phi) is 4.74. The van der Waals surface area contributed by atoms with Crippen LogP contribution in [-0.4, -0.2) is 32.7 Å². The van der Waals surface area contributed by atoms with Gasteiger partial charge < -0.3 is 14.2 Å². The van der Waals surface area contributed by atoms with Gasteiger partial charge in [-0.25, -0.2) is 0 Å². The molecule has 5 heteroatoms. The summed E-state index contributed by atoms with van der Waals surface area (Å²) in [6.45, 7) is 11.9. The second-order valence-corrected chi connectivity index (χ2v) is 6.06. The van der Waals surface area contributed by atoms with Gasteiger partial charge in [0.25, 0.3) is 0 Å². The Bertz CT molecular complexity index is 503. The molecule has 2 heterocycles. The summed E-state index contributed by atoms with van der Waals surface area (Å²) in [6.07, 6.45) is 1.94. The highest BCUT2D eigenvalue weighted by Crippen LogP contribution is 2.25. The highest BCUT2D eigenvalue weighted by molar-refractivity contribution is 5.38. The van der Waals surface area contributed by atoms with Crippen LogP contribution in [-0.2, 0) is 9.47 Å². The van der Waals surface area contributed by atoms with Gasteiger partial charge in [-0.2, -0.15) is 0 Å². The normalized spacial score (nSPS) is 18.6. The molecule has 1 saturated heterocycles. The van der Waals surface area contributed by atoms with E-state index in [0.717, 1.165) is 22.6 Å². The van der Waals surface area contributed by atoms with Gasteiger partial charge in [-0.1, -0.05) is 0 Å². The summed E-state index contributed by atoms with van der Waals surface area (Å²) in [5.41, 5.74) is 3.18. The van der Waals surface area contributed by atoms with Crippen molar-refractivity contribution in [2.24, 2.45) is 5.92 Å². The fourth-order valence-corrected chi connectivity index (χ4v) is 2.39. The summed E-state index contributed by atoms with van der Waals surface area (Å²) in [6, 6.07) is 0. The van der Waals surface area contributed by atoms with Crippen molar-refractivity contribution in [3.8, 4) is 5.75 Å². The minimum atomic E-state index is -0.477. The maximum Gasteiger partial charge on any atom is 0.237 e. The zero-order chi connectivity index (χ0) is 15.6. The summed E-state index contributed by atoms with van der Waals surface area (Å²) in [4.78, 5) is 5.30. The van der Waals surface area contributed by atoms with E-state index in [1.165, 1.54) is 0 Å². The molecule has 5 nitrogen and oxygen atoms in total. The Morgan fingerprint density at radius 1 is 1.24 bits per heavy atom. The van der Waals surface area contributed by atoms with Crippen LogP contribution in [0.2, 0.25) is 0 Å². The van der Waals surface area contributed by atoms with Crippen LogP contribution in [0.5, 0.6) is 5.75 Å². The van der Waals surface area contributed by atoms with E-state index in [2.05, 4.69) is 0 Å². The molecule has 0 saturated carbocycles. The van der Waals surface area contributed by atoms with Crippen molar-refractivity contribution in [3.05, 3.63) is 23.0 Å². The molecule has 1 fully saturated rings. The van der Waals surface area contributed by atoms with Crippen LogP contribution in [0.4, 0.5) is 0 Å². The van der Waals surface area contributed by atoms with Crippen molar-refractivity contribution in [2.45, 2.75) is 40.4 Å². The number of pyridine rings is 1. The molecule has 0 N–H and O–H groups in total. The van der Waals surface area contributed by atoms with E-state index in [1.807, 2.05) is 40.8 Å². The maximum absolute atomic E-state index is 6.03. The number of aryl methyl sites for hydroxylation is 1. The van der Waals surface area contributed by atoms with Crippen LogP contribution in [0.1, 0.15) is 30.7 Å². The number of nitrogens with zero attached hydrogens (tertiary/aromatic N) is 1. The van der Waals surface area contributed by atoms with E-state index in [0.29, 0.717) is 19.8 Å². The SMILES string of the molecule is CO[n+]1cc(C)c(OCC2COC(C)(C)OC2)c(C)c1C. The lowest BCUT2D eigenvalue weighted by molar-refractivity contribution is -0.890. The summed E-state index contributed by atoms with van der Waals surface area (Å²) < 4.78 is 19.1. The zero-order valence-electron chi connectivity index (χ0n) is 13.9. The van der Waals surface area contributed by atoms with Crippen LogP contribution < -0.4 is 14.3 Å². The molecule has 118 valence electrons. The van der Waals surface area contributed by atoms with E-state index in [9.17, 15) is 0 Å². The Morgan fingerprint density at radius 2 is 1.86 bits per heavy atom. The average molecular weight is 296 g/mol. The van der Waals surface area contributed by atoms with Crippen LogP contribution in [0.3, 0.4) is 0 Å². The molecule has 21 heavy (non-hydrogen) atoms. The van der Waals surface area contributed by atoms with Gasteiger partial charge >= 0.3 is 0 Å². The molecule has 1 aromatic rings. The first-order valence-electron chi connectivity index (χ1n) is 7.31. The molecule has 0 amide bonds.